The summed E-state index contributed by atoms with van der Waals surface area (Å²) >= 11 is 0. The van der Waals surface area contributed by atoms with E-state index in [1.54, 1.807) is 18.2 Å². The van der Waals surface area contributed by atoms with Crippen molar-refractivity contribution in [3.8, 4) is 11.3 Å². The minimum Gasteiger partial charge on any atom is -0.545 e. The van der Waals surface area contributed by atoms with Crippen LogP contribution in [-0.4, -0.2) is 27.7 Å². The van der Waals surface area contributed by atoms with Gasteiger partial charge in [-0.2, -0.15) is 5.10 Å². The molecule has 0 saturated heterocycles. The van der Waals surface area contributed by atoms with Gasteiger partial charge in [0, 0.05) is 12.7 Å². The van der Waals surface area contributed by atoms with Gasteiger partial charge in [0.2, 0.25) is 0 Å². The maximum atomic E-state index is 13.1. The summed E-state index contributed by atoms with van der Waals surface area (Å²) in [6.45, 7) is 0.211. The van der Waals surface area contributed by atoms with Gasteiger partial charge in [-0.25, -0.2) is 13.9 Å². The van der Waals surface area contributed by atoms with Crippen LogP contribution in [0, 0.1) is 5.82 Å². The molecule has 8 heteroatoms. The van der Waals surface area contributed by atoms with E-state index < -0.39 is 5.97 Å². The van der Waals surface area contributed by atoms with Crippen molar-refractivity contribution in [3.05, 3.63) is 53.6 Å². The van der Waals surface area contributed by atoms with Crippen molar-refractivity contribution in [2.75, 3.05) is 7.11 Å². The number of aromatic nitrogens is 3. The first-order chi connectivity index (χ1) is 10.6. The van der Waals surface area contributed by atoms with E-state index in [1.807, 2.05) is 0 Å². The number of halogens is 1. The van der Waals surface area contributed by atoms with E-state index in [0.29, 0.717) is 17.0 Å². The van der Waals surface area contributed by atoms with Crippen LogP contribution in [0.3, 0.4) is 0 Å². The van der Waals surface area contributed by atoms with Gasteiger partial charge >= 0.3 is 29.6 Å². The minimum atomic E-state index is -1.36. The molecule has 0 unspecified atom stereocenters. The molecule has 2 aromatic heterocycles. The summed E-state index contributed by atoms with van der Waals surface area (Å²) < 4.78 is 19.5. The van der Waals surface area contributed by atoms with E-state index in [2.05, 4.69) is 10.1 Å². The standard InChI is InChI=1S/C15H12FN3O3.Na/c1-22-8-11-6-13(9-2-4-10(16)5-3-9)19-14(18-11)12(7-17-19)15(20)21;/h2-7H,8H2,1H3,(H,20,21);/q;+1/p-1. The second-order valence-corrected chi connectivity index (χ2v) is 4.65. The van der Waals surface area contributed by atoms with E-state index in [-0.39, 0.29) is 53.2 Å². The zero-order valence-electron chi connectivity index (χ0n) is 12.6. The van der Waals surface area contributed by atoms with Gasteiger partial charge in [0.05, 0.1) is 35.7 Å². The molecular weight excluding hydrogens is 312 g/mol. The molecule has 0 fully saturated rings. The quantitative estimate of drug-likeness (QED) is 0.522. The molecule has 2 heterocycles. The first-order valence-electron chi connectivity index (χ1n) is 6.44. The number of carboxylic acids is 1. The molecule has 0 aliphatic heterocycles. The Kier molecular flexibility index (Phi) is 5.48. The van der Waals surface area contributed by atoms with Crippen molar-refractivity contribution < 1.29 is 48.6 Å². The number of nitrogens with zero attached hydrogens (tertiary/aromatic N) is 3. The maximum Gasteiger partial charge on any atom is 1.00 e. The molecule has 0 bridgehead atoms. The Bertz CT molecular complexity index is 849. The molecular formula is C15H11FN3NaO3. The van der Waals surface area contributed by atoms with Gasteiger partial charge in [-0.15, -0.1) is 0 Å². The zero-order chi connectivity index (χ0) is 15.7. The third kappa shape index (κ3) is 3.42. The predicted octanol–water partition coefficient (Wildman–Crippen LogP) is -1.95. The summed E-state index contributed by atoms with van der Waals surface area (Å²) in [5, 5.41) is 15.2. The molecule has 0 saturated carbocycles. The Morgan fingerprint density at radius 3 is 2.65 bits per heavy atom. The zero-order valence-corrected chi connectivity index (χ0v) is 14.6. The van der Waals surface area contributed by atoms with Crippen molar-refractivity contribution in [1.29, 1.82) is 0 Å². The molecule has 1 aromatic carbocycles. The molecule has 3 rings (SSSR count). The van der Waals surface area contributed by atoms with Crippen molar-refractivity contribution in [2.24, 2.45) is 0 Å². The van der Waals surface area contributed by atoms with Crippen LogP contribution in [-0.2, 0) is 11.3 Å². The van der Waals surface area contributed by atoms with Crippen LogP contribution in [0.4, 0.5) is 4.39 Å². The summed E-state index contributed by atoms with van der Waals surface area (Å²) in [5.74, 6) is -1.72. The van der Waals surface area contributed by atoms with Gasteiger partial charge < -0.3 is 14.6 Å². The Labute approximate surface area is 153 Å². The second-order valence-electron chi connectivity index (χ2n) is 4.65. The third-order valence-electron chi connectivity index (χ3n) is 3.18. The van der Waals surface area contributed by atoms with Crippen LogP contribution in [0.2, 0.25) is 0 Å². The number of rotatable bonds is 4. The SMILES string of the molecule is COCc1cc(-c2ccc(F)cc2)n2ncc(C(=O)[O-])c2n1.[Na+]. The molecule has 112 valence electrons. The van der Waals surface area contributed by atoms with Gasteiger partial charge in [0.25, 0.3) is 0 Å². The molecule has 0 radical (unpaired) electrons. The van der Waals surface area contributed by atoms with E-state index in [0.717, 1.165) is 0 Å². The van der Waals surface area contributed by atoms with Crippen LogP contribution < -0.4 is 34.7 Å². The third-order valence-corrected chi connectivity index (χ3v) is 3.18. The van der Waals surface area contributed by atoms with E-state index in [4.69, 9.17) is 4.74 Å². The summed E-state index contributed by atoms with van der Waals surface area (Å²) in [6, 6.07) is 7.53. The fraction of sp³-hybridized carbons (Fsp3) is 0.133. The van der Waals surface area contributed by atoms with Gasteiger partial charge in [-0.05, 0) is 30.3 Å². The fourth-order valence-electron chi connectivity index (χ4n) is 2.21. The topological polar surface area (TPSA) is 79.5 Å². The minimum absolute atomic E-state index is 0. The number of benzene rings is 1. The average Bonchev–Trinajstić information content (AvgIpc) is 2.91. The normalized spacial score (nSPS) is 10.5. The average molecular weight is 323 g/mol. The first kappa shape index (κ1) is 17.6. The maximum absolute atomic E-state index is 13.1. The van der Waals surface area contributed by atoms with Crippen LogP contribution in [0.15, 0.2) is 36.5 Å². The Morgan fingerprint density at radius 1 is 1.35 bits per heavy atom. The number of carbonyl (C=O) groups excluding carboxylic acids is 1. The number of carboxylic acid groups (broad SMARTS) is 1. The molecule has 6 nitrogen and oxygen atoms in total. The summed E-state index contributed by atoms with van der Waals surface area (Å²) in [6.07, 6.45) is 1.18. The number of fused-ring (bicyclic) bond motifs is 1. The van der Waals surface area contributed by atoms with Gasteiger partial charge in [-0.3, -0.25) is 0 Å². The number of methoxy groups -OCH3 is 1. The van der Waals surface area contributed by atoms with Gasteiger partial charge in [-0.1, -0.05) is 0 Å². The fourth-order valence-corrected chi connectivity index (χ4v) is 2.21. The summed E-state index contributed by atoms with van der Waals surface area (Å²) in [7, 11) is 1.51. The Balaban J connectivity index is 0.00000192. The van der Waals surface area contributed by atoms with E-state index >= 15 is 0 Å². The van der Waals surface area contributed by atoms with Crippen molar-refractivity contribution in [2.45, 2.75) is 6.61 Å². The number of carbonyl (C=O) groups is 1. The molecule has 23 heavy (non-hydrogen) atoms. The second kappa shape index (κ2) is 7.18. The van der Waals surface area contributed by atoms with Gasteiger partial charge in [0.15, 0.2) is 5.65 Å². The summed E-state index contributed by atoms with van der Waals surface area (Å²) in [5.41, 5.74) is 1.86. The van der Waals surface area contributed by atoms with Crippen molar-refractivity contribution in [1.82, 2.24) is 14.6 Å². The van der Waals surface area contributed by atoms with Crippen LogP contribution in [0.25, 0.3) is 16.9 Å². The van der Waals surface area contributed by atoms with Crippen LogP contribution in [0.5, 0.6) is 0 Å². The van der Waals surface area contributed by atoms with Crippen LogP contribution >= 0.6 is 0 Å². The van der Waals surface area contributed by atoms with Crippen molar-refractivity contribution in [3.63, 3.8) is 0 Å². The van der Waals surface area contributed by atoms with E-state index in [9.17, 15) is 14.3 Å². The number of hydrogen-bond donors (Lipinski definition) is 0. The molecule has 0 spiro atoms. The smallest absolute Gasteiger partial charge is 0.545 e. The first-order valence-corrected chi connectivity index (χ1v) is 6.44. The van der Waals surface area contributed by atoms with E-state index in [1.165, 1.54) is 30.0 Å². The van der Waals surface area contributed by atoms with Crippen molar-refractivity contribution >= 4 is 11.6 Å². The number of hydrogen-bond acceptors (Lipinski definition) is 5. The molecule has 3 aromatic rings. The summed E-state index contributed by atoms with van der Waals surface area (Å²) in [4.78, 5) is 15.4. The largest absolute Gasteiger partial charge is 1.00 e. The Morgan fingerprint density at radius 2 is 2.04 bits per heavy atom. The predicted molar refractivity (Wildman–Crippen MR) is 73.4 cm³/mol. The number of ether oxygens (including phenoxy) is 1. The molecule has 0 atom stereocenters. The molecule has 0 amide bonds. The van der Waals surface area contributed by atoms with Crippen LogP contribution in [0.1, 0.15) is 16.1 Å². The monoisotopic (exact) mass is 323 g/mol. The van der Waals surface area contributed by atoms with Gasteiger partial charge in [0.1, 0.15) is 5.82 Å². The Hall–Kier alpha value is -1.80. The molecule has 0 N–H and O–H groups in total. The number of aromatic carboxylic acids is 1. The molecule has 0 aliphatic rings. The molecule has 0 aliphatic carbocycles.